The van der Waals surface area contributed by atoms with E-state index < -0.39 is 0 Å². The van der Waals surface area contributed by atoms with Gasteiger partial charge in [-0.05, 0) is 37.1 Å². The zero-order valence-corrected chi connectivity index (χ0v) is 10.8. The van der Waals surface area contributed by atoms with Crippen molar-refractivity contribution in [3.05, 3.63) is 65.8 Å². The van der Waals surface area contributed by atoms with Crippen LogP contribution in [0, 0.1) is 0 Å². The summed E-state index contributed by atoms with van der Waals surface area (Å²) in [5.74, 6) is 0. The Kier molecular flexibility index (Phi) is 4.37. The third-order valence-corrected chi connectivity index (χ3v) is 3.21. The molecule has 1 aromatic rings. The number of hydrogen-bond acceptors (Lipinski definition) is 2. The summed E-state index contributed by atoms with van der Waals surface area (Å²) in [7, 11) is 1.97. The van der Waals surface area contributed by atoms with Gasteiger partial charge in [0, 0.05) is 11.7 Å². The van der Waals surface area contributed by atoms with Crippen LogP contribution in [0.4, 0.5) is 0 Å². The lowest BCUT2D eigenvalue weighted by atomic mass is 9.96. The third kappa shape index (κ3) is 3.11. The number of likely N-dealkylation sites (N-methyl/N-ethyl adjacent to an activating group) is 1. The van der Waals surface area contributed by atoms with Gasteiger partial charge in [-0.2, -0.15) is 0 Å². The highest BCUT2D eigenvalue weighted by Gasteiger charge is 2.11. The summed E-state index contributed by atoms with van der Waals surface area (Å²) in [6.07, 6.45) is 10.8. The predicted molar refractivity (Wildman–Crippen MR) is 77.9 cm³/mol. The van der Waals surface area contributed by atoms with Gasteiger partial charge in [-0.15, -0.1) is 0 Å². The van der Waals surface area contributed by atoms with Gasteiger partial charge in [-0.1, -0.05) is 48.6 Å². The predicted octanol–water partition coefficient (Wildman–Crippen LogP) is 2.85. The first-order chi connectivity index (χ1) is 8.81. The third-order valence-electron chi connectivity index (χ3n) is 3.21. The molecule has 2 nitrogen and oxygen atoms in total. The SMILES string of the molecule is CNC(/C=C(\N)c1ccccc1)C1=CC=CCC1. The number of nitrogens with one attached hydrogen (secondary N) is 1. The zero-order valence-electron chi connectivity index (χ0n) is 10.8. The molecule has 0 amide bonds. The Labute approximate surface area is 109 Å². The van der Waals surface area contributed by atoms with Crippen molar-refractivity contribution < 1.29 is 0 Å². The van der Waals surface area contributed by atoms with Crippen LogP contribution in [-0.2, 0) is 0 Å². The zero-order chi connectivity index (χ0) is 12.8. The second-order valence-electron chi connectivity index (χ2n) is 4.46. The summed E-state index contributed by atoms with van der Waals surface area (Å²) in [6, 6.07) is 10.3. The molecular formula is C16H20N2. The molecule has 0 aliphatic heterocycles. The van der Waals surface area contributed by atoms with Gasteiger partial charge in [0.2, 0.25) is 0 Å². The van der Waals surface area contributed by atoms with E-state index >= 15 is 0 Å². The molecule has 0 spiro atoms. The average Bonchev–Trinajstić information content (AvgIpc) is 2.46. The number of nitrogens with two attached hydrogens (primary N) is 1. The highest BCUT2D eigenvalue weighted by molar-refractivity contribution is 5.63. The van der Waals surface area contributed by atoms with Crippen molar-refractivity contribution >= 4 is 5.70 Å². The second kappa shape index (κ2) is 6.22. The molecule has 1 aliphatic carbocycles. The minimum Gasteiger partial charge on any atom is -0.398 e. The van der Waals surface area contributed by atoms with E-state index in [-0.39, 0.29) is 6.04 Å². The fourth-order valence-electron chi connectivity index (χ4n) is 2.16. The summed E-state index contributed by atoms with van der Waals surface area (Å²) >= 11 is 0. The smallest absolute Gasteiger partial charge is 0.0489 e. The molecule has 2 heteroatoms. The summed E-state index contributed by atoms with van der Waals surface area (Å²) in [5, 5.41) is 3.31. The lowest BCUT2D eigenvalue weighted by Gasteiger charge is -2.18. The lowest BCUT2D eigenvalue weighted by Crippen LogP contribution is -2.26. The minimum absolute atomic E-state index is 0.218. The Morgan fingerprint density at radius 2 is 2.11 bits per heavy atom. The van der Waals surface area contributed by atoms with Crippen LogP contribution in [0.15, 0.2) is 60.2 Å². The van der Waals surface area contributed by atoms with Crippen LogP contribution in [0.1, 0.15) is 18.4 Å². The van der Waals surface area contributed by atoms with Crippen molar-refractivity contribution in [3.8, 4) is 0 Å². The normalized spacial score (nSPS) is 17.4. The van der Waals surface area contributed by atoms with Crippen LogP contribution < -0.4 is 11.1 Å². The van der Waals surface area contributed by atoms with E-state index in [2.05, 4.69) is 29.6 Å². The van der Waals surface area contributed by atoms with Crippen molar-refractivity contribution in [2.24, 2.45) is 5.73 Å². The van der Waals surface area contributed by atoms with Gasteiger partial charge in [0.1, 0.15) is 0 Å². The fourth-order valence-corrected chi connectivity index (χ4v) is 2.16. The van der Waals surface area contributed by atoms with Gasteiger partial charge in [0.25, 0.3) is 0 Å². The molecular weight excluding hydrogens is 220 g/mol. The van der Waals surface area contributed by atoms with Crippen LogP contribution in [0.25, 0.3) is 5.70 Å². The van der Waals surface area contributed by atoms with Gasteiger partial charge < -0.3 is 11.1 Å². The molecule has 18 heavy (non-hydrogen) atoms. The quantitative estimate of drug-likeness (QED) is 0.849. The van der Waals surface area contributed by atoms with Gasteiger partial charge in [-0.3, -0.25) is 0 Å². The lowest BCUT2D eigenvalue weighted by molar-refractivity contribution is 0.710. The first-order valence-corrected chi connectivity index (χ1v) is 6.37. The minimum atomic E-state index is 0.218. The Hall–Kier alpha value is -1.80. The maximum absolute atomic E-state index is 6.15. The van der Waals surface area contributed by atoms with E-state index in [1.165, 1.54) is 5.57 Å². The molecule has 1 unspecified atom stereocenters. The largest absolute Gasteiger partial charge is 0.398 e. The van der Waals surface area contributed by atoms with E-state index in [0.717, 1.165) is 24.1 Å². The summed E-state index contributed by atoms with van der Waals surface area (Å²) in [5.41, 5.74) is 9.44. The van der Waals surface area contributed by atoms with E-state index in [0.29, 0.717) is 0 Å². The van der Waals surface area contributed by atoms with Crippen molar-refractivity contribution in [1.29, 1.82) is 0 Å². The fraction of sp³-hybridized carbons (Fsp3) is 0.250. The van der Waals surface area contributed by atoms with Crippen LogP contribution in [0.5, 0.6) is 0 Å². The van der Waals surface area contributed by atoms with Gasteiger partial charge >= 0.3 is 0 Å². The maximum Gasteiger partial charge on any atom is 0.0489 e. The Morgan fingerprint density at radius 1 is 1.33 bits per heavy atom. The Morgan fingerprint density at radius 3 is 2.72 bits per heavy atom. The number of benzene rings is 1. The summed E-state index contributed by atoms with van der Waals surface area (Å²) in [6.45, 7) is 0. The standard InChI is InChI=1S/C16H20N2/c1-18-16(14-10-6-3-7-11-14)12-15(17)13-8-4-2-5-9-13/h2-6,8-10,12,16,18H,7,11,17H2,1H3/b15-12-. The number of allylic oxidation sites excluding steroid dienone is 3. The highest BCUT2D eigenvalue weighted by atomic mass is 14.9. The molecule has 0 saturated heterocycles. The monoisotopic (exact) mass is 240 g/mol. The molecule has 94 valence electrons. The molecule has 1 atom stereocenters. The van der Waals surface area contributed by atoms with E-state index in [1.807, 2.05) is 37.4 Å². The summed E-state index contributed by atoms with van der Waals surface area (Å²) < 4.78 is 0. The van der Waals surface area contributed by atoms with Crippen molar-refractivity contribution in [2.75, 3.05) is 7.05 Å². The van der Waals surface area contributed by atoms with Gasteiger partial charge in [0.15, 0.2) is 0 Å². The first kappa shape index (κ1) is 12.7. The number of rotatable bonds is 4. The van der Waals surface area contributed by atoms with Crippen molar-refractivity contribution in [3.63, 3.8) is 0 Å². The van der Waals surface area contributed by atoms with Crippen LogP contribution in [-0.4, -0.2) is 13.1 Å². The first-order valence-electron chi connectivity index (χ1n) is 6.37. The molecule has 3 N–H and O–H groups in total. The topological polar surface area (TPSA) is 38.0 Å². The van der Waals surface area contributed by atoms with Crippen molar-refractivity contribution in [2.45, 2.75) is 18.9 Å². The highest BCUT2D eigenvalue weighted by Crippen LogP contribution is 2.18. The van der Waals surface area contributed by atoms with Crippen LogP contribution >= 0.6 is 0 Å². The molecule has 0 aromatic heterocycles. The number of hydrogen-bond donors (Lipinski definition) is 2. The second-order valence-corrected chi connectivity index (χ2v) is 4.46. The molecule has 0 saturated carbocycles. The molecule has 2 rings (SSSR count). The van der Waals surface area contributed by atoms with E-state index in [1.54, 1.807) is 0 Å². The van der Waals surface area contributed by atoms with Crippen LogP contribution in [0.3, 0.4) is 0 Å². The average molecular weight is 240 g/mol. The molecule has 0 heterocycles. The summed E-state index contributed by atoms with van der Waals surface area (Å²) in [4.78, 5) is 0. The van der Waals surface area contributed by atoms with Crippen LogP contribution in [0.2, 0.25) is 0 Å². The maximum atomic E-state index is 6.15. The van der Waals surface area contributed by atoms with Gasteiger partial charge in [-0.25, -0.2) is 0 Å². The van der Waals surface area contributed by atoms with E-state index in [9.17, 15) is 0 Å². The molecule has 1 aliphatic rings. The Bertz CT molecular complexity index is 469. The molecule has 0 radical (unpaired) electrons. The molecule has 0 bridgehead atoms. The van der Waals surface area contributed by atoms with Crippen molar-refractivity contribution in [1.82, 2.24) is 5.32 Å². The Balaban J connectivity index is 2.19. The molecule has 0 fully saturated rings. The molecule has 1 aromatic carbocycles. The van der Waals surface area contributed by atoms with Gasteiger partial charge in [0.05, 0.1) is 0 Å². The van der Waals surface area contributed by atoms with E-state index in [4.69, 9.17) is 5.73 Å².